The van der Waals surface area contributed by atoms with Crippen molar-refractivity contribution in [2.75, 3.05) is 26.0 Å². The third-order valence-corrected chi connectivity index (χ3v) is 4.82. The minimum atomic E-state index is -3.56. The summed E-state index contributed by atoms with van der Waals surface area (Å²) in [4.78, 5) is 12.3. The summed E-state index contributed by atoms with van der Waals surface area (Å²) in [6.07, 6.45) is -0.804. The number of carboxylic acid groups (broad SMARTS) is 1. The fourth-order valence-electron chi connectivity index (χ4n) is 2.40. The van der Waals surface area contributed by atoms with Crippen molar-refractivity contribution >= 4 is 39.3 Å². The molecular formula is C13H16Cl2N2O5S. The molecule has 2 rings (SSSR count). The van der Waals surface area contributed by atoms with Crippen LogP contribution in [0.4, 0.5) is 4.79 Å². The number of nitrogens with zero attached hydrogens (tertiary/aromatic N) is 1. The lowest BCUT2D eigenvalue weighted by Gasteiger charge is -2.27. The second-order valence-electron chi connectivity index (χ2n) is 5.19. The zero-order valence-corrected chi connectivity index (χ0v) is 14.5. The molecule has 128 valence electrons. The molecule has 0 radical (unpaired) electrons. The number of rotatable bonds is 3. The molecule has 2 atom stereocenters. The Kier molecular flexibility index (Phi) is 5.74. The number of hydrogen-bond acceptors (Lipinski definition) is 4. The van der Waals surface area contributed by atoms with E-state index in [9.17, 15) is 18.3 Å². The van der Waals surface area contributed by atoms with Gasteiger partial charge in [0.2, 0.25) is 10.0 Å². The summed E-state index contributed by atoms with van der Waals surface area (Å²) in [5.41, 5.74) is 0.618. The largest absolute Gasteiger partial charge is 0.465 e. The van der Waals surface area contributed by atoms with E-state index in [4.69, 9.17) is 27.9 Å². The lowest BCUT2D eigenvalue weighted by Crippen LogP contribution is -2.46. The van der Waals surface area contributed by atoms with Gasteiger partial charge in [0.1, 0.15) is 6.10 Å². The van der Waals surface area contributed by atoms with E-state index >= 15 is 0 Å². The summed E-state index contributed by atoms with van der Waals surface area (Å²) < 4.78 is 31.3. The number of ether oxygens (including phenoxy) is 1. The molecule has 10 heteroatoms. The third-order valence-electron chi connectivity index (χ3n) is 3.35. The second kappa shape index (κ2) is 7.23. The molecule has 1 fully saturated rings. The fraction of sp³-hybridized carbons (Fsp3) is 0.462. The van der Waals surface area contributed by atoms with Crippen molar-refractivity contribution < 1.29 is 23.1 Å². The van der Waals surface area contributed by atoms with Crippen molar-refractivity contribution in [3.8, 4) is 0 Å². The van der Waals surface area contributed by atoms with Gasteiger partial charge in [-0.2, -0.15) is 0 Å². The van der Waals surface area contributed by atoms with Crippen LogP contribution in [0.1, 0.15) is 11.7 Å². The topological polar surface area (TPSA) is 95.9 Å². The Labute approximate surface area is 144 Å². The third kappa shape index (κ3) is 4.95. The van der Waals surface area contributed by atoms with Crippen molar-refractivity contribution in [3.05, 3.63) is 33.8 Å². The van der Waals surface area contributed by atoms with Gasteiger partial charge in [-0.25, -0.2) is 17.9 Å². The zero-order chi connectivity index (χ0) is 17.2. The molecule has 0 bridgehead atoms. The van der Waals surface area contributed by atoms with Crippen LogP contribution in [-0.2, 0) is 14.8 Å². The molecule has 23 heavy (non-hydrogen) atoms. The maximum atomic E-state index is 11.6. The van der Waals surface area contributed by atoms with E-state index in [0.29, 0.717) is 15.6 Å². The van der Waals surface area contributed by atoms with Crippen LogP contribution in [0.2, 0.25) is 10.0 Å². The van der Waals surface area contributed by atoms with Crippen molar-refractivity contribution in [2.24, 2.45) is 0 Å². The van der Waals surface area contributed by atoms with Gasteiger partial charge in [0.05, 0.1) is 28.9 Å². The van der Waals surface area contributed by atoms with Crippen molar-refractivity contribution in [3.63, 3.8) is 0 Å². The highest BCUT2D eigenvalue weighted by molar-refractivity contribution is 7.88. The Morgan fingerprint density at radius 3 is 2.65 bits per heavy atom. The highest BCUT2D eigenvalue weighted by Crippen LogP contribution is 2.30. The quantitative estimate of drug-likeness (QED) is 0.832. The Bertz CT molecular complexity index is 698. The Hall–Kier alpha value is -1.06. The zero-order valence-electron chi connectivity index (χ0n) is 12.2. The van der Waals surface area contributed by atoms with Crippen LogP contribution in [0.15, 0.2) is 18.2 Å². The van der Waals surface area contributed by atoms with Gasteiger partial charge in [0.15, 0.2) is 0 Å². The smallest absolute Gasteiger partial charge is 0.407 e. The second-order valence-corrected chi connectivity index (χ2v) is 7.78. The molecule has 7 nitrogen and oxygen atoms in total. The Balaban J connectivity index is 2.36. The van der Waals surface area contributed by atoms with Gasteiger partial charge in [-0.15, -0.1) is 0 Å². The molecule has 1 aromatic rings. The molecule has 1 aliphatic rings. The Morgan fingerprint density at radius 1 is 1.39 bits per heavy atom. The van der Waals surface area contributed by atoms with Crippen LogP contribution in [0, 0.1) is 0 Å². The van der Waals surface area contributed by atoms with Gasteiger partial charge in [0.25, 0.3) is 0 Å². The molecule has 1 saturated heterocycles. The number of amides is 1. The first kappa shape index (κ1) is 18.3. The fourth-order valence-corrected chi connectivity index (χ4v) is 3.45. The molecule has 2 unspecified atom stereocenters. The van der Waals surface area contributed by atoms with E-state index in [1.165, 1.54) is 0 Å². The monoisotopic (exact) mass is 382 g/mol. The number of benzene rings is 1. The summed E-state index contributed by atoms with van der Waals surface area (Å²) in [6, 6.07) is 4.06. The number of sulfonamides is 1. The number of nitrogens with one attached hydrogen (secondary N) is 1. The normalized spacial score (nSPS) is 22.7. The Morgan fingerprint density at radius 2 is 2.09 bits per heavy atom. The molecule has 1 heterocycles. The number of halogens is 2. The van der Waals surface area contributed by atoms with Crippen molar-refractivity contribution in [1.82, 2.24) is 9.62 Å². The van der Waals surface area contributed by atoms with Gasteiger partial charge in [-0.05, 0) is 17.7 Å². The van der Waals surface area contributed by atoms with E-state index in [-0.39, 0.29) is 19.7 Å². The van der Waals surface area contributed by atoms with E-state index in [2.05, 4.69) is 4.72 Å². The molecule has 0 aromatic heterocycles. The first-order chi connectivity index (χ1) is 10.7. The molecule has 1 aromatic carbocycles. The van der Waals surface area contributed by atoms with Crippen molar-refractivity contribution in [1.29, 1.82) is 0 Å². The lowest BCUT2D eigenvalue weighted by atomic mass is 10.0. The maximum absolute atomic E-state index is 11.6. The summed E-state index contributed by atoms with van der Waals surface area (Å²) in [6.45, 7) is 0.252. The molecular weight excluding hydrogens is 367 g/mol. The lowest BCUT2D eigenvalue weighted by molar-refractivity contribution is 0.0484. The van der Waals surface area contributed by atoms with E-state index < -0.39 is 28.3 Å². The predicted octanol–water partition coefficient (Wildman–Crippen LogP) is 1.96. The first-order valence-electron chi connectivity index (χ1n) is 6.69. The summed E-state index contributed by atoms with van der Waals surface area (Å²) in [5.74, 6) is 0. The standard InChI is InChI=1S/C13H16Cl2N2O5S/c1-23(20,21)16-11-7-17(13(18)19)4-5-22-12(11)8-2-3-9(14)10(15)6-8/h2-3,6,11-12,16H,4-5,7H2,1H3,(H,18,19). The maximum Gasteiger partial charge on any atom is 0.407 e. The minimum absolute atomic E-state index is 0.0344. The average molecular weight is 383 g/mol. The minimum Gasteiger partial charge on any atom is -0.465 e. The van der Waals surface area contributed by atoms with Crippen molar-refractivity contribution in [2.45, 2.75) is 12.1 Å². The van der Waals surface area contributed by atoms with Crippen LogP contribution in [0.25, 0.3) is 0 Å². The molecule has 0 aliphatic carbocycles. The van der Waals surface area contributed by atoms with Gasteiger partial charge >= 0.3 is 6.09 Å². The predicted molar refractivity (Wildman–Crippen MR) is 86.5 cm³/mol. The van der Waals surface area contributed by atoms with Crippen LogP contribution in [0.5, 0.6) is 0 Å². The average Bonchev–Trinajstić information content (AvgIpc) is 2.63. The summed E-state index contributed by atoms with van der Waals surface area (Å²) in [7, 11) is -3.56. The number of hydrogen-bond donors (Lipinski definition) is 2. The molecule has 2 N–H and O–H groups in total. The molecule has 0 spiro atoms. The van der Waals surface area contributed by atoms with Gasteiger partial charge in [-0.1, -0.05) is 29.3 Å². The summed E-state index contributed by atoms with van der Waals surface area (Å²) in [5, 5.41) is 9.85. The van der Waals surface area contributed by atoms with Crippen LogP contribution < -0.4 is 4.72 Å². The van der Waals surface area contributed by atoms with Crippen LogP contribution >= 0.6 is 23.2 Å². The molecule has 1 amide bonds. The number of carbonyl (C=O) groups is 1. The van der Waals surface area contributed by atoms with Crippen LogP contribution in [0.3, 0.4) is 0 Å². The van der Waals surface area contributed by atoms with Gasteiger partial charge in [-0.3, -0.25) is 0 Å². The van der Waals surface area contributed by atoms with E-state index in [1.807, 2.05) is 0 Å². The van der Waals surface area contributed by atoms with Gasteiger partial charge < -0.3 is 14.7 Å². The van der Waals surface area contributed by atoms with E-state index in [0.717, 1.165) is 11.2 Å². The molecule has 1 aliphatic heterocycles. The first-order valence-corrected chi connectivity index (χ1v) is 9.34. The SMILES string of the molecule is CS(=O)(=O)NC1CN(C(=O)O)CCOC1c1ccc(Cl)c(Cl)c1. The highest BCUT2D eigenvalue weighted by Gasteiger charge is 2.33. The van der Waals surface area contributed by atoms with Crippen LogP contribution in [-0.4, -0.2) is 56.5 Å². The van der Waals surface area contributed by atoms with Gasteiger partial charge in [0, 0.05) is 13.1 Å². The summed E-state index contributed by atoms with van der Waals surface area (Å²) >= 11 is 11.9. The van der Waals surface area contributed by atoms with E-state index in [1.54, 1.807) is 18.2 Å². The highest BCUT2D eigenvalue weighted by atomic mass is 35.5. The molecule has 0 saturated carbocycles.